The molecule has 33 valence electrons. The first kappa shape index (κ1) is 36.7. The normalized spacial score (nSPS) is 1.20. The molecule has 0 saturated carbocycles. The Balaban J connectivity index is -0.00000000167. The summed E-state index contributed by atoms with van der Waals surface area (Å²) in [5.74, 6) is 0. The second kappa shape index (κ2) is 75.1. The Bertz CT molecular complexity index is 9.61. The van der Waals surface area contributed by atoms with Crippen molar-refractivity contribution in [2.24, 2.45) is 0 Å². The maximum Gasteiger partial charge on any atom is 0 e. The van der Waals surface area contributed by atoms with Gasteiger partial charge < -0.3 is 7.43 Å². The summed E-state index contributed by atoms with van der Waals surface area (Å²) in [5.41, 5.74) is 0. The quantitative estimate of drug-likeness (QED) is 0.242. The molecule has 4 heteroatoms. The first-order chi connectivity index (χ1) is 1.00. The summed E-state index contributed by atoms with van der Waals surface area (Å²) in [5, 5.41) is 12.0. The van der Waals surface area contributed by atoms with Crippen molar-refractivity contribution in [1.82, 2.24) is 0 Å². The largest absolute Gasteiger partial charge is 0.358 e. The van der Waals surface area contributed by atoms with Gasteiger partial charge in [0, 0.05) is 36.3 Å². The van der Waals surface area contributed by atoms with Gasteiger partial charge in [-0.05, 0) is 0 Å². The SMILES string of the molecule is OO.[CH3-].[Co].[Zn]. The molecule has 0 aromatic carbocycles. The third-order valence-electron chi connectivity index (χ3n) is 0. The summed E-state index contributed by atoms with van der Waals surface area (Å²) in [6.07, 6.45) is 0. The first-order valence-corrected chi connectivity index (χ1v) is 0.200. The van der Waals surface area contributed by atoms with E-state index in [-0.39, 0.29) is 43.7 Å². The van der Waals surface area contributed by atoms with Crippen molar-refractivity contribution in [3.05, 3.63) is 7.43 Å². The summed E-state index contributed by atoms with van der Waals surface area (Å²) in [4.78, 5) is 0. The van der Waals surface area contributed by atoms with Gasteiger partial charge >= 0.3 is 0 Å². The van der Waals surface area contributed by atoms with E-state index in [1.165, 1.54) is 0 Å². The Hall–Kier alpha value is 1.05. The zero-order valence-electron chi connectivity index (χ0n) is 2.93. The monoisotopic (exact) mass is 172 g/mol. The van der Waals surface area contributed by atoms with Gasteiger partial charge in [-0.2, -0.15) is 0 Å². The van der Waals surface area contributed by atoms with Crippen LogP contribution in [0.25, 0.3) is 0 Å². The fraction of sp³-hybridized carbons (Fsp3) is 0. The molecular formula is CH5CoO2Zn-. The smallest absolute Gasteiger partial charge is 0 e. The number of hydrogen-bond acceptors (Lipinski definition) is 2. The third kappa shape index (κ3) is 42.6. The molecular weight excluding hydrogens is 168 g/mol. The number of rotatable bonds is 0. The predicted octanol–water partition coefficient (Wildman–Crippen LogP) is 0.463. The van der Waals surface area contributed by atoms with E-state index in [9.17, 15) is 0 Å². The average Bonchev–Trinajstić information content (AvgIpc) is 1.00. The van der Waals surface area contributed by atoms with Gasteiger partial charge in [-0.15, -0.1) is 0 Å². The van der Waals surface area contributed by atoms with Crippen molar-refractivity contribution >= 4 is 0 Å². The van der Waals surface area contributed by atoms with E-state index in [1.807, 2.05) is 0 Å². The molecule has 5 heavy (non-hydrogen) atoms. The van der Waals surface area contributed by atoms with E-state index >= 15 is 0 Å². The molecule has 0 atom stereocenters. The maximum atomic E-state index is 6.00. The summed E-state index contributed by atoms with van der Waals surface area (Å²) >= 11 is 0. The van der Waals surface area contributed by atoms with Gasteiger partial charge in [-0.25, -0.2) is 0 Å². The summed E-state index contributed by atoms with van der Waals surface area (Å²) in [6, 6.07) is 0. The Labute approximate surface area is 54.5 Å². The van der Waals surface area contributed by atoms with Crippen molar-refractivity contribution in [1.29, 1.82) is 0 Å². The minimum atomic E-state index is 0. The zero-order valence-corrected chi connectivity index (χ0v) is 6.94. The molecule has 2 nitrogen and oxygen atoms in total. The van der Waals surface area contributed by atoms with Crippen LogP contribution in [-0.2, 0) is 36.3 Å². The third-order valence-corrected chi connectivity index (χ3v) is 0. The van der Waals surface area contributed by atoms with Crippen LogP contribution in [0.15, 0.2) is 0 Å². The minimum absolute atomic E-state index is 0. The molecule has 2 N–H and O–H groups in total. The van der Waals surface area contributed by atoms with E-state index in [0.29, 0.717) is 0 Å². The minimum Gasteiger partial charge on any atom is -0.358 e. The molecule has 0 aliphatic rings. The molecule has 0 heterocycles. The molecule has 0 rings (SSSR count). The molecule has 0 bridgehead atoms. The standard InChI is InChI=1S/CH3.Co.H2O2.Zn/c;;1-2;/h1H3;;1-2H;/q-1;;;. The van der Waals surface area contributed by atoms with Crippen LogP contribution in [0.4, 0.5) is 0 Å². The molecule has 0 fully saturated rings. The van der Waals surface area contributed by atoms with E-state index in [2.05, 4.69) is 0 Å². The molecule has 0 aromatic heterocycles. The van der Waals surface area contributed by atoms with E-state index in [1.54, 1.807) is 0 Å². The Kier molecular flexibility index (Phi) is 552. The van der Waals surface area contributed by atoms with Crippen molar-refractivity contribution in [3.8, 4) is 0 Å². The second-order valence-electron chi connectivity index (χ2n) is 0. The van der Waals surface area contributed by atoms with E-state index in [4.69, 9.17) is 10.5 Å². The molecule has 0 saturated heterocycles. The Morgan fingerprint density at radius 2 is 1.00 bits per heavy atom. The molecule has 0 aliphatic carbocycles. The van der Waals surface area contributed by atoms with E-state index in [0.717, 1.165) is 0 Å². The van der Waals surface area contributed by atoms with Gasteiger partial charge in [-0.1, -0.05) is 0 Å². The summed E-state index contributed by atoms with van der Waals surface area (Å²) < 4.78 is 0. The molecule has 1 radical (unpaired) electrons. The molecule has 0 unspecified atom stereocenters. The van der Waals surface area contributed by atoms with Gasteiger partial charge in [-0.3, -0.25) is 10.5 Å². The van der Waals surface area contributed by atoms with Crippen molar-refractivity contribution in [3.63, 3.8) is 0 Å². The van der Waals surface area contributed by atoms with Gasteiger partial charge in [0.15, 0.2) is 0 Å². The maximum absolute atomic E-state index is 6.00. The Morgan fingerprint density at radius 1 is 1.00 bits per heavy atom. The van der Waals surface area contributed by atoms with Crippen LogP contribution in [-0.4, -0.2) is 10.5 Å². The Morgan fingerprint density at radius 3 is 1.00 bits per heavy atom. The van der Waals surface area contributed by atoms with Crippen LogP contribution in [0.2, 0.25) is 0 Å². The van der Waals surface area contributed by atoms with Crippen LogP contribution in [0.1, 0.15) is 0 Å². The second-order valence-corrected chi connectivity index (χ2v) is 0. The van der Waals surface area contributed by atoms with E-state index < -0.39 is 0 Å². The van der Waals surface area contributed by atoms with Crippen LogP contribution in [0.5, 0.6) is 0 Å². The van der Waals surface area contributed by atoms with Crippen molar-refractivity contribution < 1.29 is 46.8 Å². The first-order valence-electron chi connectivity index (χ1n) is 0.200. The van der Waals surface area contributed by atoms with Crippen molar-refractivity contribution in [2.75, 3.05) is 0 Å². The zero-order chi connectivity index (χ0) is 2.00. The molecule has 0 spiro atoms. The molecule has 0 aromatic rings. The van der Waals surface area contributed by atoms with Gasteiger partial charge in [0.2, 0.25) is 0 Å². The predicted molar refractivity (Wildman–Crippen MR) is 11.7 cm³/mol. The molecule has 0 amide bonds. The fourth-order valence-corrected chi connectivity index (χ4v) is 0. The van der Waals surface area contributed by atoms with Crippen LogP contribution < -0.4 is 0 Å². The molecule has 0 aliphatic heterocycles. The van der Waals surface area contributed by atoms with Crippen LogP contribution in [0, 0.1) is 7.43 Å². The van der Waals surface area contributed by atoms with Crippen molar-refractivity contribution in [2.45, 2.75) is 0 Å². The fourth-order valence-electron chi connectivity index (χ4n) is 0. The average molecular weight is 173 g/mol. The topological polar surface area (TPSA) is 40.5 Å². The van der Waals surface area contributed by atoms with Gasteiger partial charge in [0.1, 0.15) is 0 Å². The van der Waals surface area contributed by atoms with Crippen LogP contribution >= 0.6 is 0 Å². The van der Waals surface area contributed by atoms with Crippen LogP contribution in [0.3, 0.4) is 0 Å². The summed E-state index contributed by atoms with van der Waals surface area (Å²) in [6.45, 7) is 0. The van der Waals surface area contributed by atoms with Gasteiger partial charge in [0.25, 0.3) is 0 Å². The number of hydrogen-bond donors (Lipinski definition) is 2. The van der Waals surface area contributed by atoms with Gasteiger partial charge in [0.05, 0.1) is 0 Å². The summed E-state index contributed by atoms with van der Waals surface area (Å²) in [7, 11) is 0.